The van der Waals surface area contributed by atoms with E-state index in [0.29, 0.717) is 11.8 Å². The Morgan fingerprint density at radius 2 is 1.24 bits per heavy atom. The molecule has 1 fully saturated rings. The van der Waals surface area contributed by atoms with Crippen LogP contribution in [0, 0.1) is 13.8 Å². The number of fused-ring (bicyclic) bond motifs is 1. The number of Topliss-reactive ketones (excluding diaryl/α,β-unsaturated/α-hetero) is 2. The minimum atomic E-state index is -1.54. The zero-order valence-electron chi connectivity index (χ0n) is 23.8. The number of aromatic hydroxyl groups is 2. The van der Waals surface area contributed by atoms with E-state index in [4.69, 9.17) is 28.4 Å². The maximum absolute atomic E-state index is 13.8. The van der Waals surface area contributed by atoms with Crippen molar-refractivity contribution in [2.45, 2.75) is 71.4 Å². The maximum Gasteiger partial charge on any atom is 0.303 e. The Morgan fingerprint density at radius 3 is 1.71 bits per heavy atom. The Hall–Kier alpha value is -4.11. The monoisotopic (exact) mass is 610 g/mol. The Labute approximate surface area is 244 Å². The smallest absolute Gasteiger partial charge is 0.303 e. The summed E-state index contributed by atoms with van der Waals surface area (Å²) in [5.74, 6) is -6.65. The molecule has 5 atom stereocenters. The van der Waals surface area contributed by atoms with Gasteiger partial charge in [0, 0.05) is 27.7 Å². The predicted octanol–water partition coefficient (Wildman–Crippen LogP) is 1.77. The van der Waals surface area contributed by atoms with Gasteiger partial charge in [-0.1, -0.05) is 11.8 Å². The molecular weight excluding hydrogens is 580 g/mol. The first-order chi connectivity index (χ1) is 19.6. The molecule has 0 spiro atoms. The van der Waals surface area contributed by atoms with E-state index in [1.807, 2.05) is 0 Å². The molecule has 2 aliphatic rings. The first-order valence-corrected chi connectivity index (χ1v) is 13.4. The summed E-state index contributed by atoms with van der Waals surface area (Å²) >= 11 is 0.534. The molecule has 0 unspecified atom stereocenters. The molecule has 3 rings (SSSR count). The second-order valence-electron chi connectivity index (χ2n) is 9.40. The highest BCUT2D eigenvalue weighted by atomic mass is 32.2. The number of hydrogen-bond acceptors (Lipinski definition) is 15. The van der Waals surface area contributed by atoms with E-state index in [-0.39, 0.29) is 11.1 Å². The lowest BCUT2D eigenvalue weighted by Gasteiger charge is -2.44. The van der Waals surface area contributed by atoms with Gasteiger partial charge in [-0.2, -0.15) is 0 Å². The number of esters is 4. The second kappa shape index (κ2) is 12.8. The minimum absolute atomic E-state index is 0.157. The number of thioether (sulfide) groups is 1. The predicted molar refractivity (Wildman–Crippen MR) is 141 cm³/mol. The van der Waals surface area contributed by atoms with Crippen LogP contribution in [0.1, 0.15) is 59.5 Å². The molecule has 1 heterocycles. The average molecular weight is 611 g/mol. The Balaban J connectivity index is 2.18. The van der Waals surface area contributed by atoms with Crippen LogP contribution in [0.5, 0.6) is 11.5 Å². The normalized spacial score (nSPS) is 23.5. The van der Waals surface area contributed by atoms with E-state index in [1.165, 1.54) is 13.8 Å². The summed E-state index contributed by atoms with van der Waals surface area (Å²) in [6, 6.07) is 0. The molecule has 1 aromatic carbocycles. The van der Waals surface area contributed by atoms with Crippen molar-refractivity contribution < 1.29 is 67.4 Å². The first-order valence-electron chi connectivity index (χ1n) is 12.5. The average Bonchev–Trinajstić information content (AvgIpc) is 2.89. The molecule has 42 heavy (non-hydrogen) atoms. The zero-order valence-corrected chi connectivity index (χ0v) is 24.6. The molecule has 14 nitrogen and oxygen atoms in total. The van der Waals surface area contributed by atoms with E-state index in [9.17, 15) is 39.0 Å². The minimum Gasteiger partial charge on any atom is -0.507 e. The number of benzene rings is 1. The van der Waals surface area contributed by atoms with Crippen LogP contribution < -0.4 is 0 Å². The van der Waals surface area contributed by atoms with Gasteiger partial charge in [-0.25, -0.2) is 0 Å². The summed E-state index contributed by atoms with van der Waals surface area (Å²) in [5, 5.41) is 21.5. The molecule has 1 aliphatic carbocycles. The number of phenolic OH excluding ortho intramolecular Hbond substituents is 2. The number of ketones is 2. The highest BCUT2D eigenvalue weighted by Crippen LogP contribution is 2.47. The van der Waals surface area contributed by atoms with Crippen LogP contribution in [-0.4, -0.2) is 89.2 Å². The van der Waals surface area contributed by atoms with Gasteiger partial charge < -0.3 is 38.6 Å². The van der Waals surface area contributed by atoms with Crippen molar-refractivity contribution >= 4 is 47.2 Å². The van der Waals surface area contributed by atoms with Crippen LogP contribution in [0.25, 0.3) is 0 Å². The SMILES string of the molecule is COC1=C(S[C@@H]2O[C@H](COC(C)=O)[C@@H](OC(C)=O)[C@H](OC(C)=O)[C@H]2OC(C)=O)C(=O)c2c(O)c(C)c(C)c(O)c2C1=O. The number of ether oxygens (including phenoxy) is 6. The summed E-state index contributed by atoms with van der Waals surface area (Å²) in [7, 11) is 1.11. The van der Waals surface area contributed by atoms with E-state index in [1.54, 1.807) is 0 Å². The van der Waals surface area contributed by atoms with E-state index < -0.39 is 105 Å². The van der Waals surface area contributed by atoms with Gasteiger partial charge in [0.1, 0.15) is 34.6 Å². The largest absolute Gasteiger partial charge is 0.507 e. The number of allylic oxidation sites excluding steroid dienone is 2. The molecule has 15 heteroatoms. The van der Waals surface area contributed by atoms with Crippen LogP contribution in [0.3, 0.4) is 0 Å². The summed E-state index contributed by atoms with van der Waals surface area (Å²) in [5.41, 5.74) is -2.05. The molecule has 228 valence electrons. The fourth-order valence-electron chi connectivity index (χ4n) is 4.53. The Bertz CT molecular complexity index is 1380. The first kappa shape index (κ1) is 32.4. The third-order valence-electron chi connectivity index (χ3n) is 6.46. The number of rotatable bonds is 8. The quantitative estimate of drug-likeness (QED) is 0.245. The van der Waals surface area contributed by atoms with Crippen molar-refractivity contribution in [2.75, 3.05) is 13.7 Å². The molecular formula is C27H30O14S. The van der Waals surface area contributed by atoms with Crippen LogP contribution in [-0.2, 0) is 47.6 Å². The van der Waals surface area contributed by atoms with E-state index >= 15 is 0 Å². The van der Waals surface area contributed by atoms with Crippen molar-refractivity contribution in [2.24, 2.45) is 0 Å². The molecule has 0 saturated carbocycles. The number of carbonyl (C=O) groups excluding carboxylic acids is 6. The van der Waals surface area contributed by atoms with Crippen LogP contribution in [0.4, 0.5) is 0 Å². The van der Waals surface area contributed by atoms with Crippen molar-refractivity contribution in [3.05, 3.63) is 32.9 Å². The fraction of sp³-hybridized carbons (Fsp3) is 0.481. The number of carbonyl (C=O) groups is 6. The maximum atomic E-state index is 13.8. The fourth-order valence-corrected chi connectivity index (χ4v) is 5.80. The van der Waals surface area contributed by atoms with Gasteiger partial charge in [0.05, 0.1) is 18.2 Å². The molecule has 0 aromatic heterocycles. The van der Waals surface area contributed by atoms with Crippen molar-refractivity contribution in [1.82, 2.24) is 0 Å². The van der Waals surface area contributed by atoms with E-state index in [2.05, 4.69) is 0 Å². The van der Waals surface area contributed by atoms with Crippen molar-refractivity contribution in [3.63, 3.8) is 0 Å². The van der Waals surface area contributed by atoms with Gasteiger partial charge in [0.2, 0.25) is 11.6 Å². The number of methoxy groups -OCH3 is 1. The van der Waals surface area contributed by atoms with Crippen LogP contribution in [0.2, 0.25) is 0 Å². The standard InChI is InChI=1S/C27H30O14S/c1-9-10(2)19(33)17-16(18(9)32)20(34)23(36-7)26(21(17)35)42-27-25(40-14(6)31)24(39-13(5)30)22(38-12(4)29)15(41-27)8-37-11(3)28/h15,22,24-25,27,32-33H,8H2,1-7H3/t15-,22-,24+,25-,27+/m1/s1. The lowest BCUT2D eigenvalue weighted by atomic mass is 9.87. The summed E-state index contributed by atoms with van der Waals surface area (Å²) in [6.45, 7) is 6.69. The van der Waals surface area contributed by atoms with Gasteiger partial charge in [0.15, 0.2) is 24.1 Å². The molecule has 0 radical (unpaired) electrons. The van der Waals surface area contributed by atoms with Gasteiger partial charge in [0.25, 0.3) is 0 Å². The molecule has 1 aromatic rings. The summed E-state index contributed by atoms with van der Waals surface area (Å²) in [4.78, 5) is 74.6. The Kier molecular flexibility index (Phi) is 9.89. The third kappa shape index (κ3) is 6.36. The van der Waals surface area contributed by atoms with Gasteiger partial charge in [-0.3, -0.25) is 28.8 Å². The lowest BCUT2D eigenvalue weighted by molar-refractivity contribution is -0.237. The third-order valence-corrected chi connectivity index (χ3v) is 7.67. The summed E-state index contributed by atoms with van der Waals surface area (Å²) < 4.78 is 32.4. The highest BCUT2D eigenvalue weighted by Gasteiger charge is 2.54. The van der Waals surface area contributed by atoms with Gasteiger partial charge in [-0.05, 0) is 25.0 Å². The summed E-state index contributed by atoms with van der Waals surface area (Å²) in [6.07, 6.45) is -5.79. The zero-order chi connectivity index (χ0) is 31.6. The molecule has 0 bridgehead atoms. The van der Waals surface area contributed by atoms with Gasteiger partial charge >= 0.3 is 23.9 Å². The second-order valence-corrected chi connectivity index (χ2v) is 10.5. The number of phenols is 2. The molecule has 1 saturated heterocycles. The molecule has 2 N–H and O–H groups in total. The van der Waals surface area contributed by atoms with E-state index in [0.717, 1.165) is 34.8 Å². The number of hydrogen-bond donors (Lipinski definition) is 2. The topological polar surface area (TPSA) is 198 Å². The van der Waals surface area contributed by atoms with Crippen LogP contribution in [0.15, 0.2) is 10.7 Å². The molecule has 1 aliphatic heterocycles. The lowest BCUT2D eigenvalue weighted by Crippen LogP contribution is -2.61. The van der Waals surface area contributed by atoms with Crippen molar-refractivity contribution in [3.8, 4) is 11.5 Å². The Morgan fingerprint density at radius 1 is 0.762 bits per heavy atom. The van der Waals surface area contributed by atoms with Crippen molar-refractivity contribution in [1.29, 1.82) is 0 Å². The van der Waals surface area contributed by atoms with Crippen LogP contribution >= 0.6 is 11.8 Å². The highest BCUT2D eigenvalue weighted by molar-refractivity contribution is 8.04. The van der Waals surface area contributed by atoms with Gasteiger partial charge in [-0.15, -0.1) is 0 Å². The molecule has 0 amide bonds.